The van der Waals surface area contributed by atoms with Crippen LogP contribution in [0.3, 0.4) is 0 Å². The van der Waals surface area contributed by atoms with E-state index >= 15 is 0 Å². The van der Waals surface area contributed by atoms with Crippen LogP contribution in [0.4, 0.5) is 0 Å². The van der Waals surface area contributed by atoms with E-state index in [0.29, 0.717) is 12.8 Å². The first-order chi connectivity index (χ1) is 5.56. The van der Waals surface area contributed by atoms with Crippen LogP contribution in [0.15, 0.2) is 0 Å². The van der Waals surface area contributed by atoms with E-state index in [0.717, 1.165) is 25.7 Å². The minimum absolute atomic E-state index is 0.0426. The molecule has 0 saturated heterocycles. The molecule has 0 aromatic carbocycles. The molecule has 1 N–H and O–H groups in total. The van der Waals surface area contributed by atoms with Gasteiger partial charge in [-0.25, -0.2) is 0 Å². The van der Waals surface area contributed by atoms with Gasteiger partial charge in [0, 0.05) is 12.8 Å². The van der Waals surface area contributed by atoms with E-state index in [1.54, 1.807) is 0 Å². The van der Waals surface area contributed by atoms with Crippen molar-refractivity contribution in [3.8, 4) is 0 Å². The van der Waals surface area contributed by atoms with E-state index in [1.165, 1.54) is 0 Å². The fraction of sp³-hybridized carbons (Fsp3) is 0.900. The van der Waals surface area contributed by atoms with Crippen molar-refractivity contribution in [2.24, 2.45) is 5.41 Å². The molecule has 2 fully saturated rings. The average molecular weight is 168 g/mol. The maximum Gasteiger partial charge on any atom is 0.135 e. The fourth-order valence-corrected chi connectivity index (χ4v) is 2.79. The molecule has 0 aromatic heterocycles. The summed E-state index contributed by atoms with van der Waals surface area (Å²) in [6.45, 7) is 2.13. The minimum Gasteiger partial charge on any atom is -0.389 e. The van der Waals surface area contributed by atoms with E-state index in [2.05, 4.69) is 6.92 Å². The number of aliphatic hydroxyl groups is 1. The summed E-state index contributed by atoms with van der Waals surface area (Å²) in [6, 6.07) is 0. The second-order valence-corrected chi connectivity index (χ2v) is 4.66. The van der Waals surface area contributed by atoms with Gasteiger partial charge in [-0.2, -0.15) is 0 Å². The Morgan fingerprint density at radius 1 is 1.33 bits per heavy atom. The van der Waals surface area contributed by atoms with Crippen molar-refractivity contribution in [2.45, 2.75) is 51.0 Å². The Hall–Kier alpha value is -0.370. The molecule has 68 valence electrons. The van der Waals surface area contributed by atoms with Gasteiger partial charge in [0.15, 0.2) is 0 Å². The maximum atomic E-state index is 11.2. The van der Waals surface area contributed by atoms with Crippen LogP contribution in [0, 0.1) is 5.41 Å². The molecule has 0 radical (unpaired) electrons. The van der Waals surface area contributed by atoms with Crippen molar-refractivity contribution in [1.82, 2.24) is 0 Å². The standard InChI is InChI=1S/C10H16O2/c1-9-4-2-5-10(9,12)7-8(11)3-6-9/h12H,2-7H2,1H3. The van der Waals surface area contributed by atoms with Crippen LogP contribution >= 0.6 is 0 Å². The molecule has 2 aliphatic carbocycles. The number of ketones is 1. The molecule has 0 spiro atoms. The van der Waals surface area contributed by atoms with Crippen LogP contribution < -0.4 is 0 Å². The molecular formula is C10H16O2. The van der Waals surface area contributed by atoms with Crippen molar-refractivity contribution in [3.63, 3.8) is 0 Å². The summed E-state index contributed by atoms with van der Waals surface area (Å²) in [5.74, 6) is 0.247. The summed E-state index contributed by atoms with van der Waals surface area (Å²) in [6.07, 6.45) is 4.98. The zero-order chi connectivity index (χ0) is 8.82. The lowest BCUT2D eigenvalue weighted by Gasteiger charge is -2.42. The molecule has 0 amide bonds. The molecule has 2 heteroatoms. The van der Waals surface area contributed by atoms with Gasteiger partial charge in [-0.1, -0.05) is 6.92 Å². The highest BCUT2D eigenvalue weighted by atomic mass is 16.3. The Kier molecular flexibility index (Phi) is 1.59. The number of carbonyl (C=O) groups excluding carboxylic acids is 1. The van der Waals surface area contributed by atoms with Crippen molar-refractivity contribution in [1.29, 1.82) is 0 Å². The smallest absolute Gasteiger partial charge is 0.135 e. The molecule has 12 heavy (non-hydrogen) atoms. The van der Waals surface area contributed by atoms with Gasteiger partial charge in [0.25, 0.3) is 0 Å². The van der Waals surface area contributed by atoms with E-state index in [-0.39, 0.29) is 11.2 Å². The van der Waals surface area contributed by atoms with E-state index < -0.39 is 5.60 Å². The highest BCUT2D eigenvalue weighted by Gasteiger charge is 2.53. The third-order valence-corrected chi connectivity index (χ3v) is 3.89. The van der Waals surface area contributed by atoms with Gasteiger partial charge in [-0.3, -0.25) is 4.79 Å². The molecule has 2 saturated carbocycles. The zero-order valence-electron chi connectivity index (χ0n) is 7.60. The lowest BCUT2D eigenvalue weighted by Crippen LogP contribution is -2.47. The van der Waals surface area contributed by atoms with Gasteiger partial charge in [-0.05, 0) is 31.1 Å². The monoisotopic (exact) mass is 168 g/mol. The van der Waals surface area contributed by atoms with Gasteiger partial charge in [0.2, 0.25) is 0 Å². The first-order valence-corrected chi connectivity index (χ1v) is 4.80. The van der Waals surface area contributed by atoms with E-state index in [9.17, 15) is 9.90 Å². The minimum atomic E-state index is -0.650. The topological polar surface area (TPSA) is 37.3 Å². The summed E-state index contributed by atoms with van der Waals surface area (Å²) in [7, 11) is 0. The van der Waals surface area contributed by atoms with Crippen LogP contribution in [0.5, 0.6) is 0 Å². The Labute approximate surface area is 73.0 Å². The highest BCUT2D eigenvalue weighted by Crippen LogP contribution is 2.53. The van der Waals surface area contributed by atoms with Crippen molar-refractivity contribution >= 4 is 5.78 Å². The van der Waals surface area contributed by atoms with Gasteiger partial charge in [-0.15, -0.1) is 0 Å². The number of Topliss-reactive ketones (excluding diaryl/α,β-unsaturated/α-hetero) is 1. The first kappa shape index (κ1) is 8.24. The molecule has 2 nitrogen and oxygen atoms in total. The lowest BCUT2D eigenvalue weighted by atomic mass is 9.66. The predicted molar refractivity (Wildman–Crippen MR) is 45.8 cm³/mol. The normalized spacial score (nSPS) is 47.7. The number of rotatable bonds is 0. The Morgan fingerprint density at radius 2 is 2.08 bits per heavy atom. The van der Waals surface area contributed by atoms with Crippen LogP contribution in [0.2, 0.25) is 0 Å². The predicted octanol–water partition coefficient (Wildman–Crippen LogP) is 1.66. The quantitative estimate of drug-likeness (QED) is 0.597. The highest BCUT2D eigenvalue weighted by molar-refractivity contribution is 5.80. The third kappa shape index (κ3) is 0.939. The largest absolute Gasteiger partial charge is 0.389 e. The van der Waals surface area contributed by atoms with Crippen LogP contribution in [0.1, 0.15) is 45.4 Å². The lowest BCUT2D eigenvalue weighted by molar-refractivity contribution is -0.139. The average Bonchev–Trinajstić information content (AvgIpc) is 2.26. The van der Waals surface area contributed by atoms with Gasteiger partial charge >= 0.3 is 0 Å². The van der Waals surface area contributed by atoms with Crippen molar-refractivity contribution in [2.75, 3.05) is 0 Å². The van der Waals surface area contributed by atoms with Crippen molar-refractivity contribution in [3.05, 3.63) is 0 Å². The molecule has 2 unspecified atom stereocenters. The maximum absolute atomic E-state index is 11.2. The number of carbonyl (C=O) groups is 1. The second kappa shape index (κ2) is 2.32. The summed E-state index contributed by atoms with van der Waals surface area (Å²) < 4.78 is 0. The summed E-state index contributed by atoms with van der Waals surface area (Å²) in [5.41, 5.74) is -0.608. The first-order valence-electron chi connectivity index (χ1n) is 4.80. The number of hydrogen-bond donors (Lipinski definition) is 1. The summed E-state index contributed by atoms with van der Waals surface area (Å²) >= 11 is 0. The molecule has 0 aliphatic heterocycles. The summed E-state index contributed by atoms with van der Waals surface area (Å²) in [5, 5.41) is 10.2. The Balaban J connectivity index is 2.28. The van der Waals surface area contributed by atoms with E-state index in [4.69, 9.17) is 0 Å². The Bertz CT molecular complexity index is 224. The molecule has 2 aliphatic rings. The number of fused-ring (bicyclic) bond motifs is 1. The van der Waals surface area contributed by atoms with E-state index in [1.807, 2.05) is 0 Å². The molecule has 0 bridgehead atoms. The number of hydrogen-bond acceptors (Lipinski definition) is 2. The van der Waals surface area contributed by atoms with Gasteiger partial charge in [0.1, 0.15) is 5.78 Å². The molecule has 0 aromatic rings. The third-order valence-electron chi connectivity index (χ3n) is 3.89. The fourth-order valence-electron chi connectivity index (χ4n) is 2.79. The van der Waals surface area contributed by atoms with Crippen LogP contribution in [0.25, 0.3) is 0 Å². The zero-order valence-corrected chi connectivity index (χ0v) is 7.60. The molecule has 2 atom stereocenters. The van der Waals surface area contributed by atoms with Gasteiger partial charge < -0.3 is 5.11 Å². The van der Waals surface area contributed by atoms with Crippen molar-refractivity contribution < 1.29 is 9.90 Å². The van der Waals surface area contributed by atoms with Crippen LogP contribution in [-0.2, 0) is 4.79 Å². The SMILES string of the molecule is CC12CCCC1(O)CC(=O)CC2. The van der Waals surface area contributed by atoms with Crippen LogP contribution in [-0.4, -0.2) is 16.5 Å². The second-order valence-electron chi connectivity index (χ2n) is 4.66. The molecular weight excluding hydrogens is 152 g/mol. The van der Waals surface area contributed by atoms with Gasteiger partial charge in [0.05, 0.1) is 5.60 Å². The summed E-state index contributed by atoms with van der Waals surface area (Å²) in [4.78, 5) is 11.2. The Morgan fingerprint density at radius 3 is 2.83 bits per heavy atom. The molecule has 0 heterocycles. The molecule has 2 rings (SSSR count).